The van der Waals surface area contributed by atoms with Crippen molar-refractivity contribution in [1.29, 1.82) is 0 Å². The van der Waals surface area contributed by atoms with Gasteiger partial charge in [0.2, 0.25) is 0 Å². The van der Waals surface area contributed by atoms with Gasteiger partial charge in [-0.1, -0.05) is 6.07 Å². The van der Waals surface area contributed by atoms with Gasteiger partial charge in [-0.15, -0.1) is 5.46 Å². The van der Waals surface area contributed by atoms with Gasteiger partial charge >= 0.3 is 58.4 Å². The van der Waals surface area contributed by atoms with E-state index in [2.05, 4.69) is 0 Å². The first-order valence-corrected chi connectivity index (χ1v) is 3.09. The van der Waals surface area contributed by atoms with E-state index in [1.807, 2.05) is 0 Å². The van der Waals surface area contributed by atoms with Crippen LogP contribution in [0.3, 0.4) is 0 Å². The number of hydrogen-bond donors (Lipinski definition) is 1. The maximum absolute atomic E-state index is 12.3. The fourth-order valence-electron chi connectivity index (χ4n) is 0.785. The van der Waals surface area contributed by atoms with Crippen molar-refractivity contribution in [3.8, 4) is 5.75 Å². The number of hydrogen-bond acceptors (Lipinski definition) is 1. The Morgan fingerprint density at radius 3 is 2.00 bits per heavy atom. The molecule has 13 heavy (non-hydrogen) atoms. The fourth-order valence-corrected chi connectivity index (χ4v) is 0.785. The van der Waals surface area contributed by atoms with Gasteiger partial charge in [-0.3, -0.25) is 0 Å². The molecule has 0 saturated carbocycles. The summed E-state index contributed by atoms with van der Waals surface area (Å²) in [4.78, 5) is 0. The molecule has 1 nitrogen and oxygen atoms in total. The van der Waals surface area contributed by atoms with E-state index in [0.717, 1.165) is 0 Å². The Morgan fingerprint density at radius 2 is 1.62 bits per heavy atom. The van der Waals surface area contributed by atoms with Gasteiger partial charge in [-0.2, -0.15) is 0 Å². The van der Waals surface area contributed by atoms with Gasteiger partial charge in [0.15, 0.2) is 0 Å². The Labute approximate surface area is 115 Å². The molecule has 0 amide bonds. The molecule has 0 heterocycles. The van der Waals surface area contributed by atoms with Crippen LogP contribution in [-0.2, 0) is 0 Å². The molecule has 66 valence electrons. The Kier molecular flexibility index (Phi) is 4.95. The molecule has 0 atom stereocenters. The zero-order chi connectivity index (χ0) is 9.35. The standard InChI is InChI=1S/C6H4BF4O.K/c8-5-1-4(7(9,10)11)2-6(12)3-5;/h1-3,12H;/q-1;+1. The minimum atomic E-state index is -5.24. The molecule has 1 N–H and O–H groups in total. The van der Waals surface area contributed by atoms with E-state index in [9.17, 15) is 17.3 Å². The van der Waals surface area contributed by atoms with Gasteiger partial charge in [-0.25, -0.2) is 4.39 Å². The minimum absolute atomic E-state index is 0. The van der Waals surface area contributed by atoms with Crippen LogP contribution in [0.5, 0.6) is 5.75 Å². The minimum Gasteiger partial charge on any atom is -0.508 e. The molecular weight excluding hydrogens is 214 g/mol. The van der Waals surface area contributed by atoms with Crippen LogP contribution in [0.15, 0.2) is 18.2 Å². The summed E-state index contributed by atoms with van der Waals surface area (Å²) >= 11 is 0. The van der Waals surface area contributed by atoms with E-state index in [1.165, 1.54) is 0 Å². The Hall–Kier alpha value is 0.441. The monoisotopic (exact) mass is 218 g/mol. The van der Waals surface area contributed by atoms with Crippen LogP contribution < -0.4 is 56.8 Å². The van der Waals surface area contributed by atoms with Crippen LogP contribution in [0.2, 0.25) is 0 Å². The zero-order valence-electron chi connectivity index (χ0n) is 6.77. The van der Waals surface area contributed by atoms with E-state index < -0.39 is 24.0 Å². The molecular formula is C6H4BF4KO. The zero-order valence-corrected chi connectivity index (χ0v) is 9.89. The van der Waals surface area contributed by atoms with E-state index >= 15 is 0 Å². The van der Waals surface area contributed by atoms with Crippen LogP contribution in [0.1, 0.15) is 0 Å². The van der Waals surface area contributed by atoms with Gasteiger partial charge in [-0.05, 0) is 6.07 Å². The maximum atomic E-state index is 12.3. The third-order valence-corrected chi connectivity index (χ3v) is 1.28. The summed E-state index contributed by atoms with van der Waals surface area (Å²) in [5, 5.41) is 8.63. The molecule has 0 aromatic heterocycles. The van der Waals surface area contributed by atoms with E-state index in [-0.39, 0.29) is 51.4 Å². The quantitative estimate of drug-likeness (QED) is 0.453. The topological polar surface area (TPSA) is 20.2 Å². The van der Waals surface area contributed by atoms with Crippen molar-refractivity contribution >= 4 is 12.4 Å². The second kappa shape index (κ2) is 4.79. The largest absolute Gasteiger partial charge is 1.00 e. The number of phenols is 1. The first kappa shape index (κ1) is 13.4. The smallest absolute Gasteiger partial charge is 0.508 e. The summed E-state index contributed by atoms with van der Waals surface area (Å²) in [6, 6.07) is 1.45. The SMILES string of the molecule is Oc1cc(F)cc([B-](F)(F)F)c1.[K+]. The van der Waals surface area contributed by atoms with Crippen LogP contribution in [0.25, 0.3) is 0 Å². The number of phenolic OH excluding ortho intramolecular Hbond substituents is 1. The summed E-state index contributed by atoms with van der Waals surface area (Å²) in [7, 11) is 0. The Bertz CT molecular complexity index is 281. The molecule has 1 rings (SSSR count). The predicted molar refractivity (Wildman–Crippen MR) is 36.8 cm³/mol. The van der Waals surface area contributed by atoms with Crippen molar-refractivity contribution in [2.45, 2.75) is 0 Å². The van der Waals surface area contributed by atoms with Gasteiger partial charge in [0.1, 0.15) is 11.6 Å². The van der Waals surface area contributed by atoms with Crippen molar-refractivity contribution in [1.82, 2.24) is 0 Å². The van der Waals surface area contributed by atoms with E-state index in [1.54, 1.807) is 0 Å². The summed E-state index contributed by atoms with van der Waals surface area (Å²) in [6.45, 7) is -5.24. The first-order valence-electron chi connectivity index (χ1n) is 3.09. The fraction of sp³-hybridized carbons (Fsp3) is 0. The second-order valence-corrected chi connectivity index (χ2v) is 2.32. The van der Waals surface area contributed by atoms with E-state index in [0.29, 0.717) is 18.2 Å². The van der Waals surface area contributed by atoms with Crippen molar-refractivity contribution in [3.63, 3.8) is 0 Å². The van der Waals surface area contributed by atoms with Crippen LogP contribution >= 0.6 is 0 Å². The van der Waals surface area contributed by atoms with Crippen molar-refractivity contribution in [2.24, 2.45) is 0 Å². The molecule has 0 fully saturated rings. The number of aromatic hydroxyl groups is 1. The van der Waals surface area contributed by atoms with Crippen LogP contribution in [-0.4, -0.2) is 12.1 Å². The summed E-state index contributed by atoms with van der Waals surface area (Å²) in [5.41, 5.74) is -1.13. The molecule has 0 aliphatic heterocycles. The molecule has 7 heteroatoms. The molecule has 0 unspecified atom stereocenters. The molecule has 0 saturated heterocycles. The van der Waals surface area contributed by atoms with Crippen molar-refractivity contribution in [2.75, 3.05) is 0 Å². The molecule has 0 radical (unpaired) electrons. The van der Waals surface area contributed by atoms with Gasteiger partial charge < -0.3 is 18.1 Å². The first-order chi connectivity index (χ1) is 5.39. The average molecular weight is 218 g/mol. The maximum Gasteiger partial charge on any atom is 1.00 e. The third kappa shape index (κ3) is 3.99. The van der Waals surface area contributed by atoms with Gasteiger partial charge in [0.05, 0.1) is 0 Å². The molecule has 0 aliphatic rings. The van der Waals surface area contributed by atoms with Crippen LogP contribution in [0.4, 0.5) is 17.3 Å². The predicted octanol–water partition coefficient (Wildman–Crippen LogP) is -1.41. The van der Waals surface area contributed by atoms with Gasteiger partial charge in [0.25, 0.3) is 0 Å². The molecule has 0 aliphatic carbocycles. The Balaban J connectivity index is 0.00000144. The average Bonchev–Trinajstić information content (AvgIpc) is 1.82. The summed E-state index contributed by atoms with van der Waals surface area (Å²) in [6.07, 6.45) is 0. The Morgan fingerprint density at radius 1 is 1.08 bits per heavy atom. The number of benzene rings is 1. The van der Waals surface area contributed by atoms with E-state index in [4.69, 9.17) is 5.11 Å². The second-order valence-electron chi connectivity index (χ2n) is 2.32. The van der Waals surface area contributed by atoms with Crippen molar-refractivity contribution in [3.05, 3.63) is 24.0 Å². The summed E-state index contributed by atoms with van der Waals surface area (Å²) in [5.74, 6) is -1.81. The normalized spacial score (nSPS) is 10.8. The number of halogens is 4. The molecule has 0 spiro atoms. The van der Waals surface area contributed by atoms with Gasteiger partial charge in [0, 0.05) is 6.07 Å². The van der Waals surface area contributed by atoms with Crippen molar-refractivity contribution < 1.29 is 73.8 Å². The summed E-state index contributed by atoms with van der Waals surface area (Å²) < 4.78 is 48.1. The number of rotatable bonds is 1. The molecule has 0 bridgehead atoms. The van der Waals surface area contributed by atoms with Crippen LogP contribution in [0, 0.1) is 5.82 Å². The molecule has 1 aromatic carbocycles. The molecule has 1 aromatic rings. The third-order valence-electron chi connectivity index (χ3n) is 1.28.